The van der Waals surface area contributed by atoms with Crippen molar-refractivity contribution in [1.82, 2.24) is 4.98 Å². The minimum absolute atomic E-state index is 0.560. The van der Waals surface area contributed by atoms with Crippen LogP contribution >= 0.6 is 15.9 Å². The monoisotopic (exact) mass is 323 g/mol. The van der Waals surface area contributed by atoms with Crippen LogP contribution in [0.5, 0.6) is 11.5 Å². The summed E-state index contributed by atoms with van der Waals surface area (Å²) in [5.41, 5.74) is 7.22. The number of hydrogen-bond donors (Lipinski definition) is 2. The first-order valence-corrected chi connectivity index (χ1v) is 6.34. The van der Waals surface area contributed by atoms with E-state index in [2.05, 4.69) is 26.2 Å². The summed E-state index contributed by atoms with van der Waals surface area (Å²) in [6.45, 7) is 0. The Hall–Kier alpha value is -1.95. The third-order valence-corrected chi connectivity index (χ3v) is 2.95. The van der Waals surface area contributed by atoms with Crippen LogP contribution < -0.4 is 20.5 Å². The highest BCUT2D eigenvalue weighted by Gasteiger charge is 2.06. The summed E-state index contributed by atoms with van der Waals surface area (Å²) in [5.74, 6) is 1.95. The molecular weight excluding hydrogens is 310 g/mol. The van der Waals surface area contributed by atoms with E-state index in [-0.39, 0.29) is 0 Å². The summed E-state index contributed by atoms with van der Waals surface area (Å²) in [6, 6.07) is 9.03. The number of benzene rings is 1. The molecule has 0 bridgehead atoms. The smallest absolute Gasteiger partial charge is 0.154 e. The van der Waals surface area contributed by atoms with Gasteiger partial charge in [0, 0.05) is 23.9 Å². The van der Waals surface area contributed by atoms with Gasteiger partial charge in [0.2, 0.25) is 0 Å². The van der Waals surface area contributed by atoms with Crippen LogP contribution in [0.4, 0.5) is 17.2 Å². The molecule has 0 unspecified atom stereocenters. The number of methoxy groups -OCH3 is 2. The fraction of sp³-hybridized carbons (Fsp3) is 0.154. The summed E-state index contributed by atoms with van der Waals surface area (Å²) in [7, 11) is 3.20. The van der Waals surface area contributed by atoms with Gasteiger partial charge in [-0.15, -0.1) is 0 Å². The van der Waals surface area contributed by atoms with E-state index >= 15 is 0 Å². The number of nitrogens with zero attached hydrogens (tertiary/aromatic N) is 1. The first-order chi connectivity index (χ1) is 9.12. The van der Waals surface area contributed by atoms with Gasteiger partial charge < -0.3 is 20.5 Å². The molecule has 0 radical (unpaired) electrons. The Labute approximate surface area is 119 Å². The molecule has 5 nitrogen and oxygen atoms in total. The van der Waals surface area contributed by atoms with Gasteiger partial charge >= 0.3 is 0 Å². The first-order valence-electron chi connectivity index (χ1n) is 5.54. The van der Waals surface area contributed by atoms with Crippen molar-refractivity contribution in [3.05, 3.63) is 34.9 Å². The number of hydrogen-bond acceptors (Lipinski definition) is 5. The molecule has 0 atom stereocenters. The summed E-state index contributed by atoms with van der Waals surface area (Å²) in [4.78, 5) is 4.28. The molecule has 2 aromatic rings. The lowest BCUT2D eigenvalue weighted by molar-refractivity contribution is 0.395. The molecule has 6 heteroatoms. The molecule has 1 aromatic carbocycles. The van der Waals surface area contributed by atoms with Gasteiger partial charge in [0.05, 0.1) is 19.9 Å². The average molecular weight is 324 g/mol. The highest BCUT2D eigenvalue weighted by molar-refractivity contribution is 9.10. The van der Waals surface area contributed by atoms with Gasteiger partial charge in [-0.2, -0.15) is 0 Å². The topological polar surface area (TPSA) is 69.4 Å². The van der Waals surface area contributed by atoms with Crippen LogP contribution in [0.25, 0.3) is 0 Å². The highest BCUT2D eigenvalue weighted by Crippen LogP contribution is 2.29. The standard InChI is InChI=1S/C13H14BrN3O2/c1-18-9-5-8(6-10(7-9)19-2)16-13-11(15)3-4-12(14)17-13/h3-7H,15H2,1-2H3,(H,16,17). The van der Waals surface area contributed by atoms with Gasteiger partial charge in [0.15, 0.2) is 5.82 Å². The van der Waals surface area contributed by atoms with Gasteiger partial charge in [-0.05, 0) is 28.1 Å². The van der Waals surface area contributed by atoms with Crippen molar-refractivity contribution in [2.75, 3.05) is 25.3 Å². The van der Waals surface area contributed by atoms with Crippen LogP contribution in [0, 0.1) is 0 Å². The van der Waals surface area contributed by atoms with Crippen molar-refractivity contribution < 1.29 is 9.47 Å². The minimum atomic E-state index is 0.560. The van der Waals surface area contributed by atoms with Crippen molar-refractivity contribution in [2.45, 2.75) is 0 Å². The molecule has 0 amide bonds. The fourth-order valence-corrected chi connectivity index (χ4v) is 1.87. The second kappa shape index (κ2) is 5.79. The van der Waals surface area contributed by atoms with Crippen LogP contribution in [-0.2, 0) is 0 Å². The molecule has 2 rings (SSSR count). The van der Waals surface area contributed by atoms with E-state index in [1.165, 1.54) is 0 Å². The molecular formula is C13H14BrN3O2. The third-order valence-electron chi connectivity index (χ3n) is 2.51. The van der Waals surface area contributed by atoms with E-state index in [4.69, 9.17) is 15.2 Å². The lowest BCUT2D eigenvalue weighted by Gasteiger charge is -2.11. The number of aromatic nitrogens is 1. The van der Waals surface area contributed by atoms with Crippen LogP contribution in [0.2, 0.25) is 0 Å². The minimum Gasteiger partial charge on any atom is -0.497 e. The van der Waals surface area contributed by atoms with Crippen molar-refractivity contribution in [2.24, 2.45) is 0 Å². The molecule has 0 saturated heterocycles. The summed E-state index contributed by atoms with van der Waals surface area (Å²) in [6.07, 6.45) is 0. The molecule has 0 saturated carbocycles. The Bertz CT molecular complexity index is 568. The van der Waals surface area contributed by atoms with E-state index in [1.807, 2.05) is 12.1 Å². The van der Waals surface area contributed by atoms with Crippen LogP contribution in [-0.4, -0.2) is 19.2 Å². The molecule has 0 aliphatic heterocycles. The number of ether oxygens (including phenoxy) is 2. The van der Waals surface area contributed by atoms with E-state index in [0.29, 0.717) is 27.6 Å². The van der Waals surface area contributed by atoms with Crippen molar-refractivity contribution in [1.29, 1.82) is 0 Å². The largest absolute Gasteiger partial charge is 0.497 e. The number of pyridine rings is 1. The Kier molecular flexibility index (Phi) is 4.11. The quantitative estimate of drug-likeness (QED) is 0.846. The van der Waals surface area contributed by atoms with E-state index in [0.717, 1.165) is 5.69 Å². The zero-order valence-electron chi connectivity index (χ0n) is 10.6. The van der Waals surface area contributed by atoms with Crippen molar-refractivity contribution >= 4 is 33.1 Å². The predicted molar refractivity (Wildman–Crippen MR) is 79.2 cm³/mol. The van der Waals surface area contributed by atoms with Gasteiger partial charge in [-0.1, -0.05) is 0 Å². The van der Waals surface area contributed by atoms with E-state index in [9.17, 15) is 0 Å². The maximum absolute atomic E-state index is 5.87. The second-order valence-corrected chi connectivity index (χ2v) is 4.61. The maximum Gasteiger partial charge on any atom is 0.154 e. The molecule has 0 aliphatic carbocycles. The van der Waals surface area contributed by atoms with Crippen molar-refractivity contribution in [3.63, 3.8) is 0 Å². The Morgan fingerprint density at radius 2 is 1.74 bits per heavy atom. The number of nitrogen functional groups attached to an aromatic ring is 1. The molecule has 0 fully saturated rings. The van der Waals surface area contributed by atoms with Gasteiger partial charge in [-0.3, -0.25) is 0 Å². The molecule has 1 heterocycles. The normalized spacial score (nSPS) is 10.1. The number of halogens is 1. The van der Waals surface area contributed by atoms with E-state index < -0.39 is 0 Å². The molecule has 1 aromatic heterocycles. The SMILES string of the molecule is COc1cc(Nc2nc(Br)ccc2N)cc(OC)c1. The molecule has 100 valence electrons. The average Bonchev–Trinajstić information content (AvgIpc) is 2.42. The van der Waals surface area contributed by atoms with Gasteiger partial charge in [0.25, 0.3) is 0 Å². The maximum atomic E-state index is 5.87. The Morgan fingerprint density at radius 3 is 2.32 bits per heavy atom. The lowest BCUT2D eigenvalue weighted by atomic mass is 10.2. The van der Waals surface area contributed by atoms with Crippen molar-refractivity contribution in [3.8, 4) is 11.5 Å². The Morgan fingerprint density at radius 1 is 1.11 bits per heavy atom. The molecule has 3 N–H and O–H groups in total. The highest BCUT2D eigenvalue weighted by atomic mass is 79.9. The van der Waals surface area contributed by atoms with Gasteiger partial charge in [-0.25, -0.2) is 4.98 Å². The Balaban J connectivity index is 2.34. The molecule has 0 spiro atoms. The number of anilines is 3. The summed E-state index contributed by atoms with van der Waals surface area (Å²) in [5, 5.41) is 3.14. The number of nitrogens with one attached hydrogen (secondary N) is 1. The zero-order valence-corrected chi connectivity index (χ0v) is 12.2. The van der Waals surface area contributed by atoms with E-state index in [1.54, 1.807) is 32.4 Å². The zero-order chi connectivity index (χ0) is 13.8. The summed E-state index contributed by atoms with van der Waals surface area (Å²) < 4.78 is 11.1. The fourth-order valence-electron chi connectivity index (χ4n) is 1.56. The lowest BCUT2D eigenvalue weighted by Crippen LogP contribution is -2.00. The predicted octanol–water partition coefficient (Wildman–Crippen LogP) is 3.19. The first kappa shape index (κ1) is 13.5. The third kappa shape index (κ3) is 3.29. The summed E-state index contributed by atoms with van der Waals surface area (Å²) >= 11 is 3.31. The second-order valence-electron chi connectivity index (χ2n) is 3.80. The number of rotatable bonds is 4. The molecule has 19 heavy (non-hydrogen) atoms. The van der Waals surface area contributed by atoms with Crippen LogP contribution in [0.15, 0.2) is 34.9 Å². The number of nitrogens with two attached hydrogens (primary N) is 1. The van der Waals surface area contributed by atoms with Crippen LogP contribution in [0.3, 0.4) is 0 Å². The molecule has 0 aliphatic rings. The van der Waals surface area contributed by atoms with Gasteiger partial charge in [0.1, 0.15) is 16.1 Å². The van der Waals surface area contributed by atoms with Crippen LogP contribution in [0.1, 0.15) is 0 Å².